The Morgan fingerprint density at radius 2 is 2.11 bits per heavy atom. The maximum atomic E-state index is 5.85. The highest BCUT2D eigenvalue weighted by Gasteiger charge is 2.15. The van der Waals surface area contributed by atoms with Crippen LogP contribution in [-0.4, -0.2) is 31.3 Å². The molecule has 0 amide bonds. The van der Waals surface area contributed by atoms with Crippen molar-refractivity contribution in [1.29, 1.82) is 0 Å². The predicted octanol–water partition coefficient (Wildman–Crippen LogP) is 3.46. The summed E-state index contributed by atoms with van der Waals surface area (Å²) in [7, 11) is 1.74. The first kappa shape index (κ1) is 15.3. The van der Waals surface area contributed by atoms with Crippen molar-refractivity contribution in [3.63, 3.8) is 0 Å². The average Bonchev–Trinajstić information content (AvgIpc) is 2.43. The van der Waals surface area contributed by atoms with Crippen molar-refractivity contribution < 1.29 is 4.74 Å². The Bertz CT molecular complexity index is 342. The fourth-order valence-corrected chi connectivity index (χ4v) is 2.30. The molecule has 1 aromatic rings. The van der Waals surface area contributed by atoms with Crippen LogP contribution in [0.25, 0.3) is 0 Å². The molecule has 102 valence electrons. The van der Waals surface area contributed by atoms with E-state index in [4.69, 9.17) is 16.3 Å². The van der Waals surface area contributed by atoms with E-state index in [-0.39, 0.29) is 0 Å². The van der Waals surface area contributed by atoms with Gasteiger partial charge in [-0.15, -0.1) is 11.6 Å². The Morgan fingerprint density at radius 3 is 2.67 bits per heavy atom. The van der Waals surface area contributed by atoms with E-state index in [1.807, 2.05) is 12.3 Å². The lowest BCUT2D eigenvalue weighted by molar-refractivity contribution is 0.202. The molecular weight excluding hydrogens is 248 g/mol. The summed E-state index contributed by atoms with van der Waals surface area (Å²) in [5.74, 6) is 0.453. The molecule has 0 aromatic carbocycles. The van der Waals surface area contributed by atoms with Crippen molar-refractivity contribution in [3.05, 3.63) is 24.0 Å². The summed E-state index contributed by atoms with van der Waals surface area (Å²) >= 11 is 5.85. The Hall–Kier alpha value is -0.800. The number of hydrogen-bond donors (Lipinski definition) is 0. The molecule has 0 aliphatic carbocycles. The van der Waals surface area contributed by atoms with Gasteiger partial charge in [-0.2, -0.15) is 0 Å². The molecule has 18 heavy (non-hydrogen) atoms. The molecule has 0 radical (unpaired) electrons. The summed E-state index contributed by atoms with van der Waals surface area (Å²) < 4.78 is 5.21. The van der Waals surface area contributed by atoms with Gasteiger partial charge >= 0.3 is 0 Å². The van der Waals surface area contributed by atoms with Crippen LogP contribution in [0.2, 0.25) is 0 Å². The second-order valence-corrected chi connectivity index (χ2v) is 4.56. The van der Waals surface area contributed by atoms with E-state index < -0.39 is 0 Å². The van der Waals surface area contributed by atoms with Gasteiger partial charge in [-0.25, -0.2) is 0 Å². The monoisotopic (exact) mass is 270 g/mol. The first-order valence-corrected chi connectivity index (χ1v) is 7.06. The second-order valence-electron chi connectivity index (χ2n) is 4.30. The fraction of sp³-hybridized carbons (Fsp3) is 0.643. The number of halogens is 1. The lowest BCUT2D eigenvalue weighted by Gasteiger charge is -2.32. The summed E-state index contributed by atoms with van der Waals surface area (Å²) in [4.78, 5) is 6.63. The molecule has 0 saturated carbocycles. The summed E-state index contributed by atoms with van der Waals surface area (Å²) in [6.07, 6.45) is 4.08. The van der Waals surface area contributed by atoms with Crippen molar-refractivity contribution >= 4 is 17.3 Å². The predicted molar refractivity (Wildman–Crippen MR) is 77.4 cm³/mol. The number of alkyl halides is 1. The molecule has 1 aromatic heterocycles. The van der Waals surface area contributed by atoms with E-state index in [1.54, 1.807) is 7.11 Å². The van der Waals surface area contributed by atoms with Crippen LogP contribution < -0.4 is 4.90 Å². The van der Waals surface area contributed by atoms with Gasteiger partial charge in [-0.1, -0.05) is 13.8 Å². The van der Waals surface area contributed by atoms with E-state index in [2.05, 4.69) is 29.8 Å². The van der Waals surface area contributed by atoms with Crippen LogP contribution in [0.4, 0.5) is 5.69 Å². The van der Waals surface area contributed by atoms with Gasteiger partial charge in [-0.05, 0) is 25.0 Å². The van der Waals surface area contributed by atoms with E-state index >= 15 is 0 Å². The van der Waals surface area contributed by atoms with Crippen LogP contribution in [0.15, 0.2) is 18.3 Å². The largest absolute Gasteiger partial charge is 0.383 e. The minimum atomic E-state index is 0.453. The lowest BCUT2D eigenvalue weighted by atomic mass is 10.1. The van der Waals surface area contributed by atoms with Gasteiger partial charge in [0.25, 0.3) is 0 Å². The highest BCUT2D eigenvalue weighted by Crippen LogP contribution is 2.21. The second kappa shape index (κ2) is 8.33. The minimum Gasteiger partial charge on any atom is -0.383 e. The van der Waals surface area contributed by atoms with Crippen LogP contribution in [0.1, 0.15) is 32.4 Å². The Labute approximate surface area is 115 Å². The molecule has 1 heterocycles. The molecule has 4 heteroatoms. The van der Waals surface area contributed by atoms with Crippen LogP contribution >= 0.6 is 11.6 Å². The zero-order chi connectivity index (χ0) is 13.4. The normalized spacial score (nSPS) is 10.9. The maximum Gasteiger partial charge on any atom is 0.0648 e. The van der Waals surface area contributed by atoms with Crippen LogP contribution in [0.3, 0.4) is 0 Å². The molecular formula is C14H23ClN2O. The topological polar surface area (TPSA) is 25.4 Å². The Balaban J connectivity index is 2.92. The number of anilines is 1. The van der Waals surface area contributed by atoms with Crippen LogP contribution in [0, 0.1) is 0 Å². The van der Waals surface area contributed by atoms with Crippen LogP contribution in [0.5, 0.6) is 0 Å². The fourth-order valence-electron chi connectivity index (χ4n) is 2.16. The number of aromatic nitrogens is 1. The molecule has 0 spiro atoms. The van der Waals surface area contributed by atoms with Crippen molar-refractivity contribution in [3.8, 4) is 0 Å². The molecule has 0 fully saturated rings. The third kappa shape index (κ3) is 4.14. The first-order valence-electron chi connectivity index (χ1n) is 6.53. The number of hydrogen-bond acceptors (Lipinski definition) is 3. The summed E-state index contributed by atoms with van der Waals surface area (Å²) in [5, 5.41) is 0. The molecule has 3 nitrogen and oxygen atoms in total. The summed E-state index contributed by atoms with van der Waals surface area (Å²) in [5.41, 5.74) is 2.11. The van der Waals surface area contributed by atoms with Gasteiger partial charge in [-0.3, -0.25) is 4.98 Å². The van der Waals surface area contributed by atoms with Gasteiger partial charge in [0, 0.05) is 31.6 Å². The number of rotatable bonds is 8. The molecule has 0 N–H and O–H groups in total. The van der Waals surface area contributed by atoms with Gasteiger partial charge in [0.05, 0.1) is 18.2 Å². The Morgan fingerprint density at radius 1 is 1.39 bits per heavy atom. The van der Waals surface area contributed by atoms with E-state index in [9.17, 15) is 0 Å². The molecule has 1 rings (SSSR count). The quantitative estimate of drug-likeness (QED) is 0.677. The molecule has 0 saturated heterocycles. The number of pyridine rings is 1. The van der Waals surface area contributed by atoms with Gasteiger partial charge < -0.3 is 9.64 Å². The zero-order valence-electron chi connectivity index (χ0n) is 11.5. The standard InChI is InChI=1S/C14H23ClN2O/c1-4-13(5-2)17(8-9-18-3)14-6-7-16-12(10-14)11-15/h6-7,10,13H,4-5,8-9,11H2,1-3H3. The Kier molecular flexibility index (Phi) is 7.06. The molecule has 0 atom stereocenters. The van der Waals surface area contributed by atoms with Crippen molar-refractivity contribution in [2.45, 2.75) is 38.6 Å². The highest BCUT2D eigenvalue weighted by molar-refractivity contribution is 6.16. The van der Waals surface area contributed by atoms with Crippen molar-refractivity contribution in [1.82, 2.24) is 4.98 Å². The highest BCUT2D eigenvalue weighted by atomic mass is 35.5. The summed E-state index contributed by atoms with van der Waals surface area (Å²) in [6, 6.07) is 4.65. The molecule has 0 unspecified atom stereocenters. The summed E-state index contributed by atoms with van der Waals surface area (Å²) in [6.45, 7) is 6.07. The van der Waals surface area contributed by atoms with E-state index in [0.717, 1.165) is 31.7 Å². The average molecular weight is 271 g/mol. The first-order chi connectivity index (χ1) is 8.76. The van der Waals surface area contributed by atoms with Gasteiger partial charge in [0.15, 0.2) is 0 Å². The van der Waals surface area contributed by atoms with E-state index in [1.165, 1.54) is 5.69 Å². The number of methoxy groups -OCH3 is 1. The third-order valence-corrected chi connectivity index (χ3v) is 3.46. The number of ether oxygens (including phenoxy) is 1. The van der Waals surface area contributed by atoms with E-state index in [0.29, 0.717) is 11.9 Å². The number of nitrogens with zero attached hydrogens (tertiary/aromatic N) is 2. The van der Waals surface area contributed by atoms with Crippen LogP contribution in [-0.2, 0) is 10.6 Å². The lowest BCUT2D eigenvalue weighted by Crippen LogP contribution is -2.37. The van der Waals surface area contributed by atoms with Gasteiger partial charge in [0.2, 0.25) is 0 Å². The molecule has 0 aliphatic heterocycles. The smallest absolute Gasteiger partial charge is 0.0648 e. The van der Waals surface area contributed by atoms with Gasteiger partial charge in [0.1, 0.15) is 0 Å². The minimum absolute atomic E-state index is 0.453. The molecule has 0 bridgehead atoms. The zero-order valence-corrected chi connectivity index (χ0v) is 12.3. The maximum absolute atomic E-state index is 5.85. The van der Waals surface area contributed by atoms with Crippen molar-refractivity contribution in [2.75, 3.05) is 25.2 Å². The third-order valence-electron chi connectivity index (χ3n) is 3.19. The van der Waals surface area contributed by atoms with Crippen molar-refractivity contribution in [2.24, 2.45) is 0 Å². The SMILES string of the molecule is CCC(CC)N(CCOC)c1ccnc(CCl)c1. The molecule has 0 aliphatic rings.